The van der Waals surface area contributed by atoms with Crippen LogP contribution in [0.3, 0.4) is 0 Å². The Kier molecular flexibility index (Phi) is 5.49. The fraction of sp³-hybridized carbons (Fsp3) is 0.0698. The highest BCUT2D eigenvalue weighted by Gasteiger charge is 2.48. The third-order valence-corrected chi connectivity index (χ3v) is 9.72. The number of rotatable bonds is 4. The minimum Gasteiger partial charge on any atom is -0.481 e. The highest BCUT2D eigenvalue weighted by Crippen LogP contribution is 2.58. The monoisotopic (exact) mass is 576 g/mol. The fourth-order valence-electron chi connectivity index (χ4n) is 7.89. The lowest BCUT2D eigenvalue weighted by Crippen LogP contribution is -2.32. The van der Waals surface area contributed by atoms with E-state index < -0.39 is 11.0 Å². The minimum atomic E-state index is -0.653. The number of terminal acetylenes is 1. The van der Waals surface area contributed by atoms with E-state index in [4.69, 9.17) is 15.9 Å². The van der Waals surface area contributed by atoms with Gasteiger partial charge in [0.15, 0.2) is 5.60 Å². The van der Waals surface area contributed by atoms with Gasteiger partial charge in [-0.25, -0.2) is 0 Å². The summed E-state index contributed by atoms with van der Waals surface area (Å²) in [5, 5.41) is 0. The van der Waals surface area contributed by atoms with E-state index in [0.717, 1.165) is 17.1 Å². The lowest BCUT2D eigenvalue weighted by atomic mass is 9.67. The number of ether oxygens (including phenoxy) is 2. The maximum atomic E-state index is 7.06. The molecule has 0 bridgehead atoms. The molecule has 0 saturated heterocycles. The van der Waals surface area contributed by atoms with Crippen LogP contribution in [-0.2, 0) is 11.0 Å². The van der Waals surface area contributed by atoms with Crippen molar-refractivity contribution in [2.75, 3.05) is 6.61 Å². The molecule has 2 aliphatic carbocycles. The lowest BCUT2D eigenvalue weighted by molar-refractivity contribution is 0.166. The lowest BCUT2D eigenvalue weighted by Gasteiger charge is -2.36. The van der Waals surface area contributed by atoms with Gasteiger partial charge in [0.1, 0.15) is 18.1 Å². The van der Waals surface area contributed by atoms with Crippen LogP contribution in [0.15, 0.2) is 146 Å². The van der Waals surface area contributed by atoms with Crippen LogP contribution in [0.1, 0.15) is 38.9 Å². The molecule has 6 aromatic rings. The van der Waals surface area contributed by atoms with Crippen molar-refractivity contribution in [3.8, 4) is 46.1 Å². The molecule has 0 N–H and O–H groups in total. The van der Waals surface area contributed by atoms with Gasteiger partial charge in [0, 0.05) is 16.7 Å². The number of hydrogen-bond acceptors (Lipinski definition) is 2. The summed E-state index contributed by atoms with van der Waals surface area (Å²) in [6.07, 6.45) is 9.95. The Labute approximate surface area is 263 Å². The molecule has 0 unspecified atom stereocenters. The molecule has 0 fully saturated rings. The largest absolute Gasteiger partial charge is 0.481 e. The first-order valence-corrected chi connectivity index (χ1v) is 15.3. The van der Waals surface area contributed by atoms with Crippen LogP contribution in [-0.4, -0.2) is 6.61 Å². The Hall–Kier alpha value is -5.78. The Bertz CT molecular complexity index is 2120. The summed E-state index contributed by atoms with van der Waals surface area (Å²) in [7, 11) is 0. The van der Waals surface area contributed by atoms with Gasteiger partial charge in [-0.15, -0.1) is 6.42 Å². The Morgan fingerprint density at radius 1 is 0.578 bits per heavy atom. The summed E-state index contributed by atoms with van der Waals surface area (Å²) in [6, 6.07) is 49.9. The van der Waals surface area contributed by atoms with E-state index in [-0.39, 0.29) is 6.61 Å². The molecule has 212 valence electrons. The van der Waals surface area contributed by atoms with E-state index >= 15 is 0 Å². The first-order valence-electron chi connectivity index (χ1n) is 15.3. The van der Waals surface area contributed by atoms with Gasteiger partial charge in [-0.1, -0.05) is 127 Å². The topological polar surface area (TPSA) is 18.5 Å². The zero-order valence-electron chi connectivity index (χ0n) is 24.5. The highest BCUT2D eigenvalue weighted by molar-refractivity contribution is 5.87. The van der Waals surface area contributed by atoms with E-state index in [1.807, 2.05) is 12.1 Å². The van der Waals surface area contributed by atoms with Gasteiger partial charge in [-0.3, -0.25) is 0 Å². The van der Waals surface area contributed by atoms with Crippen molar-refractivity contribution in [2.45, 2.75) is 11.0 Å². The minimum absolute atomic E-state index is 0.240. The van der Waals surface area contributed by atoms with Gasteiger partial charge in [0.2, 0.25) is 0 Å². The first-order chi connectivity index (χ1) is 22.2. The van der Waals surface area contributed by atoms with Crippen LogP contribution < -0.4 is 9.47 Å². The smallest absolute Gasteiger partial charge is 0.179 e. The molecule has 6 aromatic carbocycles. The number of hydrogen-bond donors (Lipinski definition) is 0. The molecule has 1 spiro atoms. The van der Waals surface area contributed by atoms with Crippen LogP contribution in [0.25, 0.3) is 28.3 Å². The van der Waals surface area contributed by atoms with Crippen LogP contribution in [0.4, 0.5) is 0 Å². The van der Waals surface area contributed by atoms with E-state index in [0.29, 0.717) is 0 Å². The van der Waals surface area contributed by atoms with E-state index in [9.17, 15) is 0 Å². The van der Waals surface area contributed by atoms with Gasteiger partial charge in [-0.05, 0) is 74.8 Å². The SMILES string of the molecule is C#CCOc1ccc(C2(c3ccc4c(c3)C=CC3(O4)c4ccccc4-c4ccccc43)c3ccccc3-c3ccccc32)cc1. The van der Waals surface area contributed by atoms with Gasteiger partial charge >= 0.3 is 0 Å². The van der Waals surface area contributed by atoms with Gasteiger partial charge in [0.05, 0.1) is 5.41 Å². The summed E-state index contributed by atoms with van der Waals surface area (Å²) in [5.41, 5.74) is 12.1. The molecule has 0 saturated carbocycles. The second-order valence-electron chi connectivity index (χ2n) is 11.9. The molecule has 9 rings (SSSR count). The molecule has 3 aliphatic rings. The summed E-state index contributed by atoms with van der Waals surface area (Å²) in [4.78, 5) is 0. The zero-order valence-corrected chi connectivity index (χ0v) is 24.5. The molecular weight excluding hydrogens is 548 g/mol. The van der Waals surface area contributed by atoms with E-state index in [1.165, 1.54) is 55.6 Å². The summed E-state index contributed by atoms with van der Waals surface area (Å²) in [5.74, 6) is 4.20. The zero-order chi connectivity index (χ0) is 30.0. The fourth-order valence-corrected chi connectivity index (χ4v) is 7.89. The van der Waals surface area contributed by atoms with Crippen LogP contribution in [0.5, 0.6) is 11.5 Å². The van der Waals surface area contributed by atoms with Crippen molar-refractivity contribution in [1.82, 2.24) is 0 Å². The predicted octanol–water partition coefficient (Wildman–Crippen LogP) is 9.39. The molecule has 0 amide bonds. The quantitative estimate of drug-likeness (QED) is 0.194. The van der Waals surface area contributed by atoms with Crippen molar-refractivity contribution in [1.29, 1.82) is 0 Å². The van der Waals surface area contributed by atoms with Crippen molar-refractivity contribution in [3.63, 3.8) is 0 Å². The molecule has 0 radical (unpaired) electrons. The van der Waals surface area contributed by atoms with Crippen molar-refractivity contribution in [2.24, 2.45) is 0 Å². The Morgan fingerprint density at radius 2 is 1.09 bits per heavy atom. The van der Waals surface area contributed by atoms with Crippen LogP contribution in [0.2, 0.25) is 0 Å². The molecule has 45 heavy (non-hydrogen) atoms. The standard InChI is InChI=1S/C43H28O2/c1-2-27-44-32-22-19-30(20-23-32)43(39-17-9-5-13-35(39)36-14-6-10-18-40(36)43)31-21-24-41-29(28-31)25-26-42(45-41)37-15-7-3-11-33(37)34-12-4-8-16-38(34)42/h1,3-26,28H,27H2. The Balaban J connectivity index is 1.24. The molecular formula is C43H28O2. The molecule has 0 aromatic heterocycles. The first kappa shape index (κ1) is 25.7. The average Bonchev–Trinajstić information content (AvgIpc) is 3.56. The third-order valence-electron chi connectivity index (χ3n) is 9.72. The predicted molar refractivity (Wildman–Crippen MR) is 180 cm³/mol. The molecule has 2 nitrogen and oxygen atoms in total. The van der Waals surface area contributed by atoms with Gasteiger partial charge in [-0.2, -0.15) is 0 Å². The van der Waals surface area contributed by atoms with Crippen molar-refractivity contribution >= 4 is 6.08 Å². The third kappa shape index (κ3) is 3.47. The highest BCUT2D eigenvalue weighted by atomic mass is 16.5. The second kappa shape index (κ2) is 9.61. The van der Waals surface area contributed by atoms with Crippen molar-refractivity contribution < 1.29 is 9.47 Å². The van der Waals surface area contributed by atoms with Crippen molar-refractivity contribution in [3.05, 3.63) is 185 Å². The Morgan fingerprint density at radius 3 is 1.67 bits per heavy atom. The maximum Gasteiger partial charge on any atom is 0.179 e. The summed E-state index contributed by atoms with van der Waals surface area (Å²) >= 11 is 0. The molecule has 1 aliphatic heterocycles. The average molecular weight is 577 g/mol. The number of benzene rings is 6. The maximum absolute atomic E-state index is 7.06. The molecule has 2 heteroatoms. The normalized spacial score (nSPS) is 15.2. The van der Waals surface area contributed by atoms with Gasteiger partial charge < -0.3 is 9.47 Å². The summed E-state index contributed by atoms with van der Waals surface area (Å²) in [6.45, 7) is 0.240. The summed E-state index contributed by atoms with van der Waals surface area (Å²) < 4.78 is 12.8. The molecule has 0 atom stereocenters. The van der Waals surface area contributed by atoms with Crippen LogP contribution in [0, 0.1) is 12.3 Å². The number of fused-ring (bicyclic) bond motifs is 9. The van der Waals surface area contributed by atoms with Crippen LogP contribution >= 0.6 is 0 Å². The van der Waals surface area contributed by atoms with E-state index in [2.05, 4.69) is 145 Å². The second-order valence-corrected chi connectivity index (χ2v) is 11.9. The molecule has 1 heterocycles. The van der Waals surface area contributed by atoms with E-state index in [1.54, 1.807) is 0 Å². The van der Waals surface area contributed by atoms with Gasteiger partial charge in [0.25, 0.3) is 0 Å².